The Bertz CT molecular complexity index is 1560. The van der Waals surface area contributed by atoms with E-state index in [9.17, 15) is 9.18 Å². The number of aromatic amines is 1. The molecule has 1 aromatic carbocycles. The Balaban J connectivity index is 1.25. The zero-order valence-corrected chi connectivity index (χ0v) is 23.8. The van der Waals surface area contributed by atoms with Crippen LogP contribution in [0.4, 0.5) is 21.7 Å². The highest BCUT2D eigenvalue weighted by atomic mass is 19.1. The first kappa shape index (κ1) is 27.2. The highest BCUT2D eigenvalue weighted by Crippen LogP contribution is 2.35. The molecule has 0 spiro atoms. The molecule has 0 bridgehead atoms. The number of nitrogens with zero attached hydrogens (tertiary/aromatic N) is 6. The molecule has 2 aliphatic heterocycles. The molecule has 4 aromatic rings. The Kier molecular flexibility index (Phi) is 7.35. The number of alkyl halides is 1. The summed E-state index contributed by atoms with van der Waals surface area (Å²) in [5.41, 5.74) is 4.65. The first-order valence-electron chi connectivity index (χ1n) is 14.0. The number of anilines is 3. The average Bonchev–Trinajstić information content (AvgIpc) is 3.67. The number of likely N-dealkylation sites (tertiary alicyclic amines) is 2. The number of nitrogens with one attached hydrogen (secondary N) is 3. The molecule has 1 unspecified atom stereocenters. The van der Waals surface area contributed by atoms with Crippen molar-refractivity contribution in [1.82, 2.24) is 34.5 Å². The first-order chi connectivity index (χ1) is 19.8. The van der Waals surface area contributed by atoms with E-state index in [-0.39, 0.29) is 18.4 Å². The van der Waals surface area contributed by atoms with E-state index in [1.54, 1.807) is 24.2 Å². The van der Waals surface area contributed by atoms with Crippen LogP contribution in [0.15, 0.2) is 36.8 Å². The van der Waals surface area contributed by atoms with E-state index in [0.29, 0.717) is 29.7 Å². The lowest BCUT2D eigenvalue weighted by Crippen LogP contribution is -2.49. The van der Waals surface area contributed by atoms with Gasteiger partial charge in [-0.3, -0.25) is 14.4 Å². The van der Waals surface area contributed by atoms with E-state index in [2.05, 4.69) is 42.5 Å². The summed E-state index contributed by atoms with van der Waals surface area (Å²) in [4.78, 5) is 30.5. The highest BCUT2D eigenvalue weighted by Gasteiger charge is 2.41. The predicted molar refractivity (Wildman–Crippen MR) is 156 cm³/mol. The van der Waals surface area contributed by atoms with Crippen molar-refractivity contribution in [3.8, 4) is 17.1 Å². The lowest BCUT2D eigenvalue weighted by Gasteiger charge is -2.37. The molecule has 0 radical (unpaired) electrons. The van der Waals surface area contributed by atoms with E-state index in [0.717, 1.165) is 53.7 Å². The van der Waals surface area contributed by atoms with E-state index in [1.165, 1.54) is 0 Å². The molecule has 216 valence electrons. The number of piperidine rings is 1. The summed E-state index contributed by atoms with van der Waals surface area (Å²) >= 11 is 0. The molecular weight excluding hydrogens is 525 g/mol. The van der Waals surface area contributed by atoms with Gasteiger partial charge in [0.05, 0.1) is 36.2 Å². The second kappa shape index (κ2) is 11.1. The number of hydrogen-bond donors (Lipinski definition) is 3. The lowest BCUT2D eigenvalue weighted by molar-refractivity contribution is -0.121. The van der Waals surface area contributed by atoms with Gasteiger partial charge < -0.3 is 25.3 Å². The summed E-state index contributed by atoms with van der Waals surface area (Å²) in [6.45, 7) is 4.20. The monoisotopic (exact) mass is 561 g/mol. The molecular formula is C29H36FN9O2. The smallest absolute Gasteiger partial charge is 0.256 e. The van der Waals surface area contributed by atoms with Crippen LogP contribution in [0.3, 0.4) is 0 Å². The van der Waals surface area contributed by atoms with Crippen LogP contribution >= 0.6 is 0 Å². The maximum atomic E-state index is 14.6. The lowest BCUT2D eigenvalue weighted by atomic mass is 10.0. The number of ether oxygens (including phenoxy) is 1. The molecule has 3 N–H and O–H groups in total. The van der Waals surface area contributed by atoms with Crippen molar-refractivity contribution in [1.29, 1.82) is 0 Å². The van der Waals surface area contributed by atoms with Gasteiger partial charge in [-0.25, -0.2) is 14.4 Å². The molecule has 0 saturated carbocycles. The topological polar surface area (TPSA) is 116 Å². The number of amides is 1. The summed E-state index contributed by atoms with van der Waals surface area (Å²) in [5, 5.41) is 11.5. The zero-order chi connectivity index (χ0) is 28.7. The number of H-pyrrole nitrogens is 1. The van der Waals surface area contributed by atoms with E-state index >= 15 is 0 Å². The van der Waals surface area contributed by atoms with Crippen LogP contribution in [-0.2, 0) is 11.8 Å². The number of halogens is 1. The molecule has 2 atom stereocenters. The molecule has 12 heteroatoms. The standard InChI is InChI=1S/C29H36FN9O2/c1-17-13-32-29(34-23-16-38(3)36-28(23)41-4)35-25(17)21-14-31-26-20(21)6-5-7-22(26)33-27(40)24-12-18(30)15-39(24)19-8-10-37(2)11-9-19/h5-7,13-14,16,18-19,24,31H,8-12,15H2,1-4H3,(H,33,40)(H,32,34,35)/t18-,24?/m0/s1. The van der Waals surface area contributed by atoms with Crippen LogP contribution in [0, 0.1) is 6.92 Å². The Morgan fingerprint density at radius 3 is 2.78 bits per heavy atom. The number of aromatic nitrogens is 5. The first-order valence-corrected chi connectivity index (χ1v) is 14.0. The van der Waals surface area contributed by atoms with Crippen molar-refractivity contribution < 1.29 is 13.9 Å². The van der Waals surface area contributed by atoms with Gasteiger partial charge in [0.1, 0.15) is 11.9 Å². The normalized spacial score (nSPS) is 20.5. The Hall–Kier alpha value is -4.03. The molecule has 11 nitrogen and oxygen atoms in total. The van der Waals surface area contributed by atoms with Gasteiger partial charge in [0.15, 0.2) is 0 Å². The second-order valence-electron chi connectivity index (χ2n) is 11.1. The van der Waals surface area contributed by atoms with Gasteiger partial charge in [0.2, 0.25) is 11.9 Å². The number of aryl methyl sites for hydroxylation is 2. The minimum atomic E-state index is -0.992. The number of para-hydroxylation sites is 1. The van der Waals surface area contributed by atoms with Crippen LogP contribution in [0.25, 0.3) is 22.2 Å². The van der Waals surface area contributed by atoms with Crippen molar-refractivity contribution in [3.63, 3.8) is 0 Å². The fraction of sp³-hybridized carbons (Fsp3) is 0.448. The molecule has 6 rings (SSSR count). The summed E-state index contributed by atoms with van der Waals surface area (Å²) in [6.07, 6.45) is 6.59. The Morgan fingerprint density at radius 1 is 1.20 bits per heavy atom. The molecule has 2 aliphatic rings. The number of benzene rings is 1. The van der Waals surface area contributed by atoms with E-state index in [4.69, 9.17) is 9.72 Å². The van der Waals surface area contributed by atoms with Crippen molar-refractivity contribution >= 4 is 34.1 Å². The van der Waals surface area contributed by atoms with Gasteiger partial charge in [-0.2, -0.15) is 0 Å². The van der Waals surface area contributed by atoms with Gasteiger partial charge in [-0.15, -0.1) is 5.10 Å². The zero-order valence-electron chi connectivity index (χ0n) is 23.8. The summed E-state index contributed by atoms with van der Waals surface area (Å²) < 4.78 is 21.6. The van der Waals surface area contributed by atoms with Crippen LogP contribution in [0.2, 0.25) is 0 Å². The maximum absolute atomic E-state index is 14.6. The molecule has 0 aliphatic carbocycles. The Labute approximate surface area is 238 Å². The van der Waals surface area contributed by atoms with Gasteiger partial charge in [0, 0.05) is 49.4 Å². The number of rotatable bonds is 7. The van der Waals surface area contributed by atoms with Crippen LogP contribution in [0.5, 0.6) is 5.88 Å². The largest absolute Gasteiger partial charge is 0.478 e. The Morgan fingerprint density at radius 2 is 2.00 bits per heavy atom. The van der Waals surface area contributed by atoms with Crippen molar-refractivity contribution in [2.45, 2.75) is 44.4 Å². The van der Waals surface area contributed by atoms with Crippen molar-refractivity contribution in [3.05, 3.63) is 42.4 Å². The molecule has 5 heterocycles. The molecule has 3 aromatic heterocycles. The quantitative estimate of drug-likeness (QED) is 0.312. The number of hydrogen-bond acceptors (Lipinski definition) is 8. The van der Waals surface area contributed by atoms with Crippen molar-refractivity contribution in [2.75, 3.05) is 44.4 Å². The molecule has 2 fully saturated rings. The fourth-order valence-electron chi connectivity index (χ4n) is 6.07. The third-order valence-electron chi connectivity index (χ3n) is 8.18. The third kappa shape index (κ3) is 5.36. The van der Waals surface area contributed by atoms with Crippen LogP contribution in [0.1, 0.15) is 24.8 Å². The summed E-state index contributed by atoms with van der Waals surface area (Å²) in [5.74, 6) is 0.691. The summed E-state index contributed by atoms with van der Waals surface area (Å²) in [6, 6.07) is 5.52. The summed E-state index contributed by atoms with van der Waals surface area (Å²) in [7, 11) is 5.48. The number of carbonyl (C=O) groups excluding carboxylic acids is 1. The second-order valence-corrected chi connectivity index (χ2v) is 11.1. The molecule has 41 heavy (non-hydrogen) atoms. The maximum Gasteiger partial charge on any atom is 0.256 e. The number of carbonyl (C=O) groups is 1. The molecule has 2 saturated heterocycles. The van der Waals surface area contributed by atoms with E-state index < -0.39 is 12.2 Å². The van der Waals surface area contributed by atoms with Crippen LogP contribution in [-0.4, -0.2) is 92.5 Å². The van der Waals surface area contributed by atoms with E-state index in [1.807, 2.05) is 38.4 Å². The fourth-order valence-corrected chi connectivity index (χ4v) is 6.07. The number of methoxy groups -OCH3 is 1. The predicted octanol–water partition coefficient (Wildman–Crippen LogP) is 3.86. The van der Waals surface area contributed by atoms with Crippen LogP contribution < -0.4 is 15.4 Å². The van der Waals surface area contributed by atoms with Gasteiger partial charge in [-0.1, -0.05) is 12.1 Å². The SMILES string of the molecule is COc1nn(C)cc1Nc1ncc(C)c(-c2c[nH]c3c(NC(=O)C4C[C@H](F)CN4C4CCN(C)CC4)cccc23)n1. The number of fused-ring (bicyclic) bond motifs is 1. The minimum Gasteiger partial charge on any atom is -0.478 e. The van der Waals surface area contributed by atoms with Gasteiger partial charge >= 0.3 is 0 Å². The highest BCUT2D eigenvalue weighted by molar-refractivity contribution is 6.06. The minimum absolute atomic E-state index is 0.164. The van der Waals surface area contributed by atoms with Crippen molar-refractivity contribution in [2.24, 2.45) is 7.05 Å². The van der Waals surface area contributed by atoms with Gasteiger partial charge in [0.25, 0.3) is 5.88 Å². The third-order valence-corrected chi connectivity index (χ3v) is 8.18. The average molecular weight is 562 g/mol. The molecule has 1 amide bonds. The van der Waals surface area contributed by atoms with Gasteiger partial charge in [-0.05, 0) is 51.5 Å².